The van der Waals surface area contributed by atoms with E-state index in [4.69, 9.17) is 0 Å². The molecule has 0 aliphatic heterocycles. The highest BCUT2D eigenvalue weighted by molar-refractivity contribution is 5.53. The minimum Gasteiger partial charge on any atom is -0.0844 e. The van der Waals surface area contributed by atoms with Crippen LogP contribution in [0.3, 0.4) is 0 Å². The molecule has 0 N–H and O–H groups in total. The molecule has 17 aliphatic carbocycles. The second-order valence-electron chi connectivity index (χ2n) is 21.5. The molecule has 0 saturated heterocycles. The van der Waals surface area contributed by atoms with Gasteiger partial charge in [0.2, 0.25) is 0 Å². The van der Waals surface area contributed by atoms with Crippen molar-refractivity contribution in [3.63, 3.8) is 0 Å². The van der Waals surface area contributed by atoms with Gasteiger partial charge in [0.1, 0.15) is 0 Å². The van der Waals surface area contributed by atoms with Gasteiger partial charge in [0, 0.05) is 5.92 Å². The summed E-state index contributed by atoms with van der Waals surface area (Å²) in [5.41, 5.74) is 12.8. The van der Waals surface area contributed by atoms with E-state index in [0.717, 1.165) is 154 Å². The molecule has 0 spiro atoms. The van der Waals surface area contributed by atoms with E-state index < -0.39 is 0 Å². The van der Waals surface area contributed by atoms with Crippen molar-refractivity contribution >= 4 is 0 Å². The fourth-order valence-corrected chi connectivity index (χ4v) is 23.0. The molecule has 17 aliphatic rings. The maximum absolute atomic E-state index is 3.07. The summed E-state index contributed by atoms with van der Waals surface area (Å²) < 4.78 is 0. The molecule has 0 heteroatoms. The van der Waals surface area contributed by atoms with Gasteiger partial charge >= 0.3 is 0 Å². The molecule has 12 saturated carbocycles. The summed E-state index contributed by atoms with van der Waals surface area (Å²) in [5, 5.41) is 0. The van der Waals surface area contributed by atoms with Crippen LogP contribution in [-0.4, -0.2) is 0 Å². The van der Waals surface area contributed by atoms with Crippen molar-refractivity contribution in [1.82, 2.24) is 0 Å². The first-order chi connectivity index (χ1) is 22.3. The van der Waals surface area contributed by atoms with E-state index in [-0.39, 0.29) is 0 Å². The quantitative estimate of drug-likeness (QED) is 0.248. The SMILES string of the molecule is C1=C2CC3CCC4=CC5CC=C6CC7CC8CC9=CC%10CCC1C1=C%11C2C2C3C4C3C5C6C4C7C5C8C9C(C1%10)C1C%11C2C3C4C15. The molecule has 228 valence electrons. The molecule has 0 aromatic carbocycles. The van der Waals surface area contributed by atoms with E-state index in [0.29, 0.717) is 0 Å². The zero-order valence-corrected chi connectivity index (χ0v) is 26.7. The van der Waals surface area contributed by atoms with Crippen molar-refractivity contribution in [2.45, 2.75) is 57.8 Å². The van der Waals surface area contributed by atoms with Crippen molar-refractivity contribution in [3.8, 4) is 0 Å². The summed E-state index contributed by atoms with van der Waals surface area (Å²) in [6, 6.07) is 0. The average molecular weight is 589 g/mol. The van der Waals surface area contributed by atoms with Gasteiger partial charge in [0.05, 0.1) is 0 Å². The van der Waals surface area contributed by atoms with Crippen LogP contribution in [0.25, 0.3) is 0 Å². The number of hydrogen-bond donors (Lipinski definition) is 0. The zero-order chi connectivity index (χ0) is 27.7. The molecule has 0 aromatic rings. The van der Waals surface area contributed by atoms with E-state index >= 15 is 0 Å². The highest BCUT2D eigenvalue weighted by Crippen LogP contribution is 2.89. The molecule has 0 bridgehead atoms. The third-order valence-corrected chi connectivity index (χ3v) is 22.0. The Morgan fingerprint density at radius 2 is 1.13 bits per heavy atom. The van der Waals surface area contributed by atoms with E-state index in [2.05, 4.69) is 57.7 Å². The Morgan fingerprint density at radius 1 is 0.422 bits per heavy atom. The minimum absolute atomic E-state index is 0.863. The normalized spacial score (nSPS) is 73.4. The van der Waals surface area contributed by atoms with Crippen LogP contribution in [0.1, 0.15) is 57.8 Å². The predicted octanol–water partition coefficient (Wildman–Crippen LogP) is 8.75. The number of rotatable bonds is 0. The Hall–Kier alpha value is -1.30. The van der Waals surface area contributed by atoms with Gasteiger partial charge in [-0.2, -0.15) is 0 Å². The van der Waals surface area contributed by atoms with Crippen LogP contribution in [0.4, 0.5) is 0 Å². The number of allylic oxidation sites excluding steroid dienone is 10. The maximum Gasteiger partial charge on any atom is 0.00475 e. The van der Waals surface area contributed by atoms with Gasteiger partial charge in [0.15, 0.2) is 0 Å². The predicted molar refractivity (Wildman–Crippen MR) is 172 cm³/mol. The first-order valence-electron chi connectivity index (χ1n) is 20.9. The van der Waals surface area contributed by atoms with Gasteiger partial charge in [-0.15, -0.1) is 0 Å². The molecule has 12 fully saturated rings. The van der Waals surface area contributed by atoms with Crippen LogP contribution >= 0.6 is 0 Å². The van der Waals surface area contributed by atoms with Crippen LogP contribution in [0.2, 0.25) is 0 Å². The topological polar surface area (TPSA) is 0 Å². The first-order valence-corrected chi connectivity index (χ1v) is 20.9. The molecule has 17 rings (SSSR count). The van der Waals surface area contributed by atoms with Crippen molar-refractivity contribution in [3.05, 3.63) is 57.7 Å². The van der Waals surface area contributed by atoms with Gasteiger partial charge in [-0.1, -0.05) is 57.7 Å². The largest absolute Gasteiger partial charge is 0.0844 e. The van der Waals surface area contributed by atoms with Crippen LogP contribution < -0.4 is 0 Å². The fraction of sp³-hybridized carbons (Fsp3) is 0.778. The Kier molecular flexibility index (Phi) is 3.18. The summed E-state index contributed by atoms with van der Waals surface area (Å²) in [6.45, 7) is 0. The Labute approximate surface area is 268 Å². The molecular formula is C45H48. The lowest BCUT2D eigenvalue weighted by atomic mass is 9.32. The third-order valence-electron chi connectivity index (χ3n) is 22.0. The second kappa shape index (κ2) is 6.40. The Balaban J connectivity index is 1.05. The van der Waals surface area contributed by atoms with Gasteiger partial charge in [-0.3, -0.25) is 0 Å². The summed E-state index contributed by atoms with van der Waals surface area (Å²) in [5.74, 6) is 27.5. The van der Waals surface area contributed by atoms with Crippen LogP contribution in [0.15, 0.2) is 57.7 Å². The zero-order valence-electron chi connectivity index (χ0n) is 26.7. The van der Waals surface area contributed by atoms with Crippen molar-refractivity contribution in [2.24, 2.45) is 154 Å². The fourth-order valence-electron chi connectivity index (χ4n) is 23.0. The van der Waals surface area contributed by atoms with Gasteiger partial charge < -0.3 is 0 Å². The van der Waals surface area contributed by atoms with E-state index in [9.17, 15) is 0 Å². The summed E-state index contributed by atoms with van der Waals surface area (Å²) in [6.07, 6.45) is 25.9. The molecule has 0 aromatic heterocycles. The molecule has 26 atom stereocenters. The average Bonchev–Trinajstić information content (AvgIpc) is 3.74. The van der Waals surface area contributed by atoms with Crippen molar-refractivity contribution < 1.29 is 0 Å². The van der Waals surface area contributed by atoms with Crippen LogP contribution in [-0.2, 0) is 0 Å². The maximum atomic E-state index is 3.07. The lowest BCUT2D eigenvalue weighted by Gasteiger charge is -2.72. The minimum atomic E-state index is 0.863. The van der Waals surface area contributed by atoms with E-state index in [1.807, 2.05) is 0 Å². The van der Waals surface area contributed by atoms with Crippen molar-refractivity contribution in [2.75, 3.05) is 0 Å². The summed E-state index contributed by atoms with van der Waals surface area (Å²) in [7, 11) is 0. The molecule has 0 amide bonds. The lowest BCUT2D eigenvalue weighted by molar-refractivity contribution is -0.216. The molecule has 0 heterocycles. The highest BCUT2D eigenvalue weighted by Gasteiger charge is 2.84. The summed E-state index contributed by atoms with van der Waals surface area (Å²) >= 11 is 0. The molecule has 45 heavy (non-hydrogen) atoms. The Morgan fingerprint density at radius 3 is 2.11 bits per heavy atom. The molecular weight excluding hydrogens is 540 g/mol. The first kappa shape index (κ1) is 22.4. The third kappa shape index (κ3) is 1.89. The monoisotopic (exact) mass is 588 g/mol. The smallest absolute Gasteiger partial charge is 0.00475 e. The molecule has 0 nitrogen and oxygen atoms in total. The van der Waals surface area contributed by atoms with E-state index in [1.54, 1.807) is 25.7 Å². The van der Waals surface area contributed by atoms with Crippen molar-refractivity contribution in [1.29, 1.82) is 0 Å². The van der Waals surface area contributed by atoms with E-state index in [1.165, 1.54) is 32.1 Å². The molecule has 26 unspecified atom stereocenters. The molecule has 0 radical (unpaired) electrons. The summed E-state index contributed by atoms with van der Waals surface area (Å²) in [4.78, 5) is 0. The second-order valence-corrected chi connectivity index (χ2v) is 21.5. The van der Waals surface area contributed by atoms with Gasteiger partial charge in [0.25, 0.3) is 0 Å². The number of hydrogen-bond acceptors (Lipinski definition) is 0. The van der Waals surface area contributed by atoms with Crippen LogP contribution in [0.5, 0.6) is 0 Å². The standard InChI is InChI=1S/C45H48/c1-3-16-8-20-9-17-5-6-18-10-21-12-23-13-22-11-19-4-2-15-7-14(1)24-27(16)36-32(20)37-29(17)26(18)35-30(21)31(23)39-33(22)38-28(19)25(15)34(24)40-42(36)44(37)41(35)45(39)43(38)40/h4,7,9-10,15-18,22-28,30-36,38-45H,1-3,5-6,8,11-13H2. The van der Waals surface area contributed by atoms with Gasteiger partial charge in [-0.25, -0.2) is 0 Å². The lowest BCUT2D eigenvalue weighted by Crippen LogP contribution is -2.68. The van der Waals surface area contributed by atoms with Gasteiger partial charge in [-0.05, 0) is 206 Å². The Bertz CT molecular complexity index is 1790. The van der Waals surface area contributed by atoms with Crippen LogP contribution in [0, 0.1) is 154 Å². The highest BCUT2D eigenvalue weighted by atomic mass is 14.9.